The molecule has 0 atom stereocenters. The monoisotopic (exact) mass is 360 g/mol. The Hall–Kier alpha value is -1.75. The van der Waals surface area contributed by atoms with Crippen LogP contribution in [0.2, 0.25) is 0 Å². The van der Waals surface area contributed by atoms with Gasteiger partial charge in [0.05, 0.1) is 11.5 Å². The van der Waals surface area contributed by atoms with E-state index in [4.69, 9.17) is 4.74 Å². The Labute approximate surface area is 155 Å². The van der Waals surface area contributed by atoms with Crippen LogP contribution in [0.4, 0.5) is 0 Å². The molecule has 1 aromatic rings. The van der Waals surface area contributed by atoms with Gasteiger partial charge in [-0.1, -0.05) is 13.8 Å². The lowest BCUT2D eigenvalue weighted by molar-refractivity contribution is -0.122. The van der Waals surface area contributed by atoms with Gasteiger partial charge in [-0.2, -0.15) is 0 Å². The summed E-state index contributed by atoms with van der Waals surface area (Å²) in [6, 6.07) is 4.23. The van der Waals surface area contributed by atoms with E-state index in [-0.39, 0.29) is 5.91 Å². The smallest absolute Gasteiger partial charge is 0.266 e. The van der Waals surface area contributed by atoms with Gasteiger partial charge in [-0.25, -0.2) is 0 Å². The minimum absolute atomic E-state index is 0.0408. The summed E-state index contributed by atoms with van der Waals surface area (Å²) in [6.07, 6.45) is 1.99. The molecule has 0 spiro atoms. The minimum atomic E-state index is 0.0408. The van der Waals surface area contributed by atoms with E-state index in [9.17, 15) is 4.79 Å². The second-order valence-corrected chi connectivity index (χ2v) is 7.26. The molecule has 0 unspecified atom stereocenters. The maximum atomic E-state index is 12.7. The van der Waals surface area contributed by atoms with Crippen molar-refractivity contribution < 1.29 is 9.53 Å². The average Bonchev–Trinajstić information content (AvgIpc) is 2.85. The molecule has 4 nitrogen and oxygen atoms in total. The second-order valence-electron chi connectivity index (χ2n) is 6.25. The van der Waals surface area contributed by atoms with Crippen molar-refractivity contribution in [2.24, 2.45) is 4.99 Å². The van der Waals surface area contributed by atoms with Gasteiger partial charge in [-0.3, -0.25) is 14.7 Å². The van der Waals surface area contributed by atoms with Crippen LogP contribution in [0.25, 0.3) is 6.08 Å². The third kappa shape index (κ3) is 4.27. The number of carbonyl (C=O) groups is 1. The van der Waals surface area contributed by atoms with Gasteiger partial charge >= 0.3 is 0 Å². The zero-order chi connectivity index (χ0) is 18.6. The third-order valence-electron chi connectivity index (χ3n) is 4.10. The van der Waals surface area contributed by atoms with E-state index >= 15 is 0 Å². The summed E-state index contributed by atoms with van der Waals surface area (Å²) < 4.78 is 5.79. The highest BCUT2D eigenvalue weighted by Crippen LogP contribution is 2.35. The predicted molar refractivity (Wildman–Crippen MR) is 107 cm³/mol. The summed E-state index contributed by atoms with van der Waals surface area (Å²) >= 11 is 1.46. The van der Waals surface area contributed by atoms with E-state index in [1.54, 1.807) is 4.90 Å². The van der Waals surface area contributed by atoms with Gasteiger partial charge in [0, 0.05) is 13.1 Å². The summed E-state index contributed by atoms with van der Waals surface area (Å²) in [5.74, 6) is 1.33. The molecule has 0 radical (unpaired) electrons. The number of aryl methyl sites for hydroxylation is 1. The summed E-state index contributed by atoms with van der Waals surface area (Å²) in [7, 11) is 0. The lowest BCUT2D eigenvalue weighted by Crippen LogP contribution is -2.28. The van der Waals surface area contributed by atoms with Crippen molar-refractivity contribution in [1.82, 2.24) is 4.90 Å². The van der Waals surface area contributed by atoms with E-state index in [1.165, 1.54) is 17.3 Å². The van der Waals surface area contributed by atoms with Gasteiger partial charge in [0.2, 0.25) is 0 Å². The third-order valence-corrected chi connectivity index (χ3v) is 5.15. The van der Waals surface area contributed by atoms with Crippen molar-refractivity contribution in [3.05, 3.63) is 33.7 Å². The fraction of sp³-hybridized carbons (Fsp3) is 0.500. The number of thioether (sulfide) groups is 1. The normalized spacial score (nSPS) is 18.0. The molecule has 5 heteroatoms. The number of likely N-dealkylation sites (N-methyl/N-ethyl adjacent to an activating group) is 1. The molecule has 0 N–H and O–H groups in total. The van der Waals surface area contributed by atoms with Gasteiger partial charge in [0.1, 0.15) is 5.75 Å². The van der Waals surface area contributed by atoms with E-state index in [1.807, 2.05) is 26.8 Å². The van der Waals surface area contributed by atoms with Gasteiger partial charge in [0.15, 0.2) is 5.17 Å². The van der Waals surface area contributed by atoms with Crippen molar-refractivity contribution in [1.29, 1.82) is 0 Å². The molecule has 1 fully saturated rings. The first-order valence-corrected chi connectivity index (χ1v) is 9.77. The van der Waals surface area contributed by atoms with Gasteiger partial charge in [-0.05, 0) is 80.3 Å². The first-order valence-electron chi connectivity index (χ1n) is 8.96. The highest BCUT2D eigenvalue weighted by molar-refractivity contribution is 8.18. The number of aliphatic imine (C=N–C) groups is 1. The van der Waals surface area contributed by atoms with Crippen molar-refractivity contribution in [3.63, 3.8) is 0 Å². The van der Waals surface area contributed by atoms with Crippen molar-refractivity contribution in [3.8, 4) is 5.75 Å². The first kappa shape index (κ1) is 19.6. The summed E-state index contributed by atoms with van der Waals surface area (Å²) in [6.45, 7) is 14.3. The highest BCUT2D eigenvalue weighted by atomic mass is 32.2. The fourth-order valence-electron chi connectivity index (χ4n) is 2.78. The molecule has 0 bridgehead atoms. The predicted octanol–water partition coefficient (Wildman–Crippen LogP) is 4.83. The van der Waals surface area contributed by atoms with Crippen LogP contribution in [-0.2, 0) is 4.79 Å². The fourth-order valence-corrected chi connectivity index (χ4v) is 3.88. The molecule has 2 rings (SSSR count). The van der Waals surface area contributed by atoms with Crippen LogP contribution in [0.15, 0.2) is 22.0 Å². The Kier molecular flexibility index (Phi) is 6.71. The zero-order valence-corrected chi connectivity index (χ0v) is 16.9. The quantitative estimate of drug-likeness (QED) is 0.682. The molecule has 1 heterocycles. The number of rotatable bonds is 6. The second kappa shape index (κ2) is 8.56. The minimum Gasteiger partial charge on any atom is -0.494 e. The molecule has 0 aliphatic carbocycles. The van der Waals surface area contributed by atoms with Crippen molar-refractivity contribution in [2.45, 2.75) is 47.5 Å². The molecule has 1 amide bonds. The Morgan fingerprint density at radius 1 is 1.28 bits per heavy atom. The average molecular weight is 361 g/mol. The maximum Gasteiger partial charge on any atom is 0.266 e. The van der Waals surface area contributed by atoms with Crippen LogP contribution < -0.4 is 4.74 Å². The number of hydrogen-bond donors (Lipinski definition) is 0. The largest absolute Gasteiger partial charge is 0.494 e. The van der Waals surface area contributed by atoms with Gasteiger partial charge < -0.3 is 4.74 Å². The molecule has 136 valence electrons. The summed E-state index contributed by atoms with van der Waals surface area (Å²) in [5, 5.41) is 0.800. The number of nitrogens with zero attached hydrogens (tertiary/aromatic N) is 2. The van der Waals surface area contributed by atoms with Crippen LogP contribution >= 0.6 is 11.8 Å². The van der Waals surface area contributed by atoms with Crippen molar-refractivity contribution >= 4 is 28.9 Å². The molecule has 1 saturated heterocycles. The van der Waals surface area contributed by atoms with Crippen LogP contribution in [0.3, 0.4) is 0 Å². The SMILES string of the molecule is CCN=C1SC(=Cc2cc(C(C)C)c(OCC)cc2C)C(=O)N1CC. The molecule has 25 heavy (non-hydrogen) atoms. The summed E-state index contributed by atoms with van der Waals surface area (Å²) in [5.41, 5.74) is 3.35. The van der Waals surface area contributed by atoms with E-state index in [2.05, 4.69) is 37.9 Å². The summed E-state index contributed by atoms with van der Waals surface area (Å²) in [4.78, 5) is 19.6. The highest BCUT2D eigenvalue weighted by Gasteiger charge is 2.32. The molecule has 0 aromatic heterocycles. The number of carbonyl (C=O) groups excluding carboxylic acids is 1. The first-order chi connectivity index (χ1) is 11.9. The van der Waals surface area contributed by atoms with E-state index in [0.29, 0.717) is 25.6 Å². The van der Waals surface area contributed by atoms with Crippen molar-refractivity contribution in [2.75, 3.05) is 19.7 Å². The Balaban J connectivity index is 2.45. The standard InChI is InChI=1S/C20H28N2O2S/c1-7-21-20-22(8-2)19(23)18(25-20)12-15-11-16(13(4)5)17(24-9-3)10-14(15)6/h10-13H,7-9H2,1-6H3. The van der Waals surface area contributed by atoms with Crippen LogP contribution in [0, 0.1) is 6.92 Å². The Morgan fingerprint density at radius 2 is 2.00 bits per heavy atom. The number of amides is 1. The van der Waals surface area contributed by atoms with E-state index in [0.717, 1.165) is 26.9 Å². The van der Waals surface area contributed by atoms with Crippen LogP contribution in [-0.4, -0.2) is 35.7 Å². The number of ether oxygens (including phenoxy) is 1. The molecule has 1 aromatic carbocycles. The van der Waals surface area contributed by atoms with Gasteiger partial charge in [0.25, 0.3) is 5.91 Å². The lowest BCUT2D eigenvalue weighted by Gasteiger charge is -2.16. The number of benzene rings is 1. The van der Waals surface area contributed by atoms with E-state index < -0.39 is 0 Å². The lowest BCUT2D eigenvalue weighted by atomic mass is 9.96. The Morgan fingerprint density at radius 3 is 2.56 bits per heavy atom. The molecule has 1 aliphatic rings. The topological polar surface area (TPSA) is 41.9 Å². The zero-order valence-electron chi connectivity index (χ0n) is 16.0. The Bertz CT molecular complexity index is 708. The molecular formula is C20H28N2O2S. The number of hydrogen-bond acceptors (Lipinski definition) is 4. The van der Waals surface area contributed by atoms with Crippen LogP contribution in [0.5, 0.6) is 5.75 Å². The number of amidine groups is 1. The maximum absolute atomic E-state index is 12.7. The molecular weight excluding hydrogens is 332 g/mol. The van der Waals surface area contributed by atoms with Crippen LogP contribution in [0.1, 0.15) is 57.2 Å². The van der Waals surface area contributed by atoms with Gasteiger partial charge in [-0.15, -0.1) is 0 Å². The molecule has 0 saturated carbocycles. The molecule has 1 aliphatic heterocycles.